The van der Waals surface area contributed by atoms with Crippen LogP contribution in [0.1, 0.15) is 67.5 Å². The summed E-state index contributed by atoms with van der Waals surface area (Å²) >= 11 is 0. The Kier molecular flexibility index (Phi) is 9.66. The van der Waals surface area contributed by atoms with E-state index >= 15 is 0 Å². The normalized spacial score (nSPS) is 17.9. The van der Waals surface area contributed by atoms with Crippen LogP contribution in [-0.4, -0.2) is 70.7 Å². The largest absolute Gasteiger partial charge is 0.428 e. The number of rotatable bonds is 10. The van der Waals surface area contributed by atoms with E-state index in [1.807, 2.05) is 65.7 Å². The molecule has 0 radical (unpaired) electrons. The van der Waals surface area contributed by atoms with E-state index in [0.717, 1.165) is 64.4 Å². The number of carbonyl (C=O) groups excluding carboxylic acids is 3. The van der Waals surface area contributed by atoms with Gasteiger partial charge in [0.1, 0.15) is 11.6 Å². The van der Waals surface area contributed by atoms with Crippen LogP contribution >= 0.6 is 0 Å². The van der Waals surface area contributed by atoms with Crippen LogP contribution in [0.2, 0.25) is 0 Å². The lowest BCUT2D eigenvalue weighted by atomic mass is 9.93. The lowest BCUT2D eigenvalue weighted by Crippen LogP contribution is -2.48. The van der Waals surface area contributed by atoms with Crippen molar-refractivity contribution in [1.29, 1.82) is 0 Å². The van der Waals surface area contributed by atoms with Crippen molar-refractivity contribution in [3.63, 3.8) is 0 Å². The highest BCUT2D eigenvalue weighted by molar-refractivity contribution is 5.89. The fourth-order valence-electron chi connectivity index (χ4n) is 7.73. The molecule has 278 valence electrons. The second kappa shape index (κ2) is 15.0. The van der Waals surface area contributed by atoms with Gasteiger partial charge in [0.25, 0.3) is 5.91 Å². The molecule has 2 fully saturated rings. The van der Waals surface area contributed by atoms with Crippen LogP contribution in [-0.2, 0) is 26.3 Å². The molecule has 6 heterocycles. The molecule has 2 aromatic carbocycles. The number of H-pyrrole nitrogens is 2. The summed E-state index contributed by atoms with van der Waals surface area (Å²) in [7, 11) is 0. The van der Waals surface area contributed by atoms with Gasteiger partial charge in [-0.1, -0.05) is 60.7 Å². The molecule has 4 aromatic heterocycles. The highest BCUT2D eigenvalue weighted by Gasteiger charge is 2.46. The second-order valence-corrected chi connectivity index (χ2v) is 14.1. The van der Waals surface area contributed by atoms with Gasteiger partial charge in [-0.15, -0.1) is 0 Å². The molecule has 0 bridgehead atoms. The number of nitrogens with two attached hydrogens (primary N) is 1. The molecule has 13 heteroatoms. The quantitative estimate of drug-likeness (QED) is 0.143. The van der Waals surface area contributed by atoms with Gasteiger partial charge >= 0.3 is 6.09 Å². The highest BCUT2D eigenvalue weighted by Crippen LogP contribution is 2.38. The van der Waals surface area contributed by atoms with Crippen LogP contribution < -0.4 is 5.73 Å². The van der Waals surface area contributed by atoms with Gasteiger partial charge in [0.05, 0.1) is 48.0 Å². The van der Waals surface area contributed by atoms with E-state index in [2.05, 4.69) is 24.9 Å². The Morgan fingerprint density at radius 1 is 0.745 bits per heavy atom. The minimum absolute atomic E-state index is 0.0753. The number of primary amides is 1. The van der Waals surface area contributed by atoms with Crippen molar-refractivity contribution < 1.29 is 19.1 Å². The molecule has 2 aliphatic heterocycles. The van der Waals surface area contributed by atoms with Gasteiger partial charge < -0.3 is 30.2 Å². The summed E-state index contributed by atoms with van der Waals surface area (Å²) in [5, 5.41) is 0. The summed E-state index contributed by atoms with van der Waals surface area (Å²) in [4.78, 5) is 67.8. The van der Waals surface area contributed by atoms with Crippen molar-refractivity contribution in [3.8, 4) is 33.8 Å². The highest BCUT2D eigenvalue weighted by atomic mass is 16.6. The number of nitrogens with zero attached hydrogens (tertiary/aromatic N) is 6. The van der Waals surface area contributed by atoms with Crippen molar-refractivity contribution in [2.24, 2.45) is 5.73 Å². The van der Waals surface area contributed by atoms with Crippen LogP contribution in [0, 0.1) is 0 Å². The predicted molar refractivity (Wildman–Crippen MR) is 205 cm³/mol. The molecule has 0 saturated carbocycles. The zero-order valence-corrected chi connectivity index (χ0v) is 30.4. The van der Waals surface area contributed by atoms with Crippen LogP contribution in [0.3, 0.4) is 0 Å². The third-order valence-electron chi connectivity index (χ3n) is 10.6. The van der Waals surface area contributed by atoms with Gasteiger partial charge in [-0.05, 0) is 61.9 Å². The number of hydrogen-bond donors (Lipinski definition) is 3. The smallest absolute Gasteiger partial charge is 0.405 e. The number of aromatic amines is 2. The van der Waals surface area contributed by atoms with Gasteiger partial charge in [0.15, 0.2) is 0 Å². The topological polar surface area (TPSA) is 176 Å². The molecule has 6 aromatic rings. The molecule has 8 rings (SSSR count). The Labute approximate surface area is 318 Å². The SMILES string of the molecule is C[C@](OC(N)=O)(C(=O)N1CCC[C@H]1c1ncc(-c2ccc(-c3ccc(-c4cnc([C@@H]5CCCN5C(=O)Cc5cccnc5)[nH]4)cn3)cc2)[nH]1)c1ccccc1. The molecule has 2 saturated heterocycles. The van der Waals surface area contributed by atoms with E-state index < -0.39 is 11.7 Å². The van der Waals surface area contributed by atoms with Crippen LogP contribution in [0.25, 0.3) is 33.8 Å². The maximum Gasteiger partial charge on any atom is 0.405 e. The summed E-state index contributed by atoms with van der Waals surface area (Å²) in [5.41, 5.74) is 10.6. The van der Waals surface area contributed by atoms with Crippen molar-refractivity contribution >= 4 is 17.9 Å². The molecule has 2 aliphatic rings. The van der Waals surface area contributed by atoms with E-state index in [1.165, 1.54) is 0 Å². The van der Waals surface area contributed by atoms with Gasteiger partial charge in [0.2, 0.25) is 11.5 Å². The minimum atomic E-state index is -1.57. The van der Waals surface area contributed by atoms with Crippen molar-refractivity contribution in [1.82, 2.24) is 39.7 Å². The van der Waals surface area contributed by atoms with Gasteiger partial charge in [-0.3, -0.25) is 19.6 Å². The molecule has 3 atom stereocenters. The average molecular weight is 736 g/mol. The Morgan fingerprint density at radius 3 is 2.02 bits per heavy atom. The molecule has 4 N–H and O–H groups in total. The molecular formula is C42H41N9O4. The van der Waals surface area contributed by atoms with Crippen molar-refractivity contribution in [2.75, 3.05) is 13.1 Å². The number of ether oxygens (including phenoxy) is 1. The van der Waals surface area contributed by atoms with E-state index in [1.54, 1.807) is 60.9 Å². The van der Waals surface area contributed by atoms with Gasteiger partial charge in [0, 0.05) is 48.4 Å². The van der Waals surface area contributed by atoms with Crippen LogP contribution in [0.15, 0.2) is 110 Å². The molecular weight excluding hydrogens is 695 g/mol. The Bertz CT molecular complexity index is 2290. The van der Waals surface area contributed by atoms with Crippen LogP contribution in [0.5, 0.6) is 0 Å². The maximum atomic E-state index is 14.0. The standard InChI is InChI=1S/C42H41N9O4/c1-42(55-41(43)54,31-9-3-2-4-10-31)40(53)51-21-7-12-36(51)39-46-25-33(48-39)29-15-13-28(14-16-29)32-18-17-30(24-45-32)34-26-47-38(49-34)35-11-6-20-50(35)37(52)22-27-8-5-19-44-23-27/h2-5,8-10,13-19,23-26,35-36H,6-7,11-12,20-22H2,1H3,(H2,43,54)(H,46,48)(H,47,49)/t35-,36-,42+/m0/s1. The molecule has 0 aliphatic carbocycles. The molecule has 0 unspecified atom stereocenters. The van der Waals surface area contributed by atoms with Gasteiger partial charge in [-0.25, -0.2) is 14.8 Å². The van der Waals surface area contributed by atoms with Gasteiger partial charge in [-0.2, -0.15) is 0 Å². The third kappa shape index (κ3) is 7.20. The fraction of sp³-hybridized carbons (Fsp3) is 0.262. The lowest BCUT2D eigenvalue weighted by Gasteiger charge is -2.34. The average Bonchev–Trinajstić information content (AvgIpc) is 4.05. The van der Waals surface area contributed by atoms with E-state index in [-0.39, 0.29) is 23.9 Å². The summed E-state index contributed by atoms with van der Waals surface area (Å²) < 4.78 is 5.47. The predicted octanol–water partition coefficient (Wildman–Crippen LogP) is 6.50. The first-order chi connectivity index (χ1) is 26.8. The fourth-order valence-corrected chi connectivity index (χ4v) is 7.73. The number of hydrogen-bond acceptors (Lipinski definition) is 8. The monoisotopic (exact) mass is 735 g/mol. The number of benzene rings is 2. The first-order valence-corrected chi connectivity index (χ1v) is 18.5. The molecule has 3 amide bonds. The minimum Gasteiger partial charge on any atom is -0.428 e. The first-order valence-electron chi connectivity index (χ1n) is 18.5. The summed E-state index contributed by atoms with van der Waals surface area (Å²) in [6.07, 6.45) is 11.4. The van der Waals surface area contributed by atoms with E-state index in [9.17, 15) is 14.4 Å². The van der Waals surface area contributed by atoms with E-state index in [0.29, 0.717) is 37.3 Å². The zero-order chi connectivity index (χ0) is 37.9. The summed E-state index contributed by atoms with van der Waals surface area (Å²) in [6, 6.07) is 24.3. The Balaban J connectivity index is 0.930. The Hall–Kier alpha value is -6.63. The Morgan fingerprint density at radius 2 is 1.38 bits per heavy atom. The number of pyridine rings is 2. The van der Waals surface area contributed by atoms with Crippen molar-refractivity contribution in [2.45, 2.75) is 56.7 Å². The number of imidazole rings is 2. The zero-order valence-electron chi connectivity index (χ0n) is 30.4. The van der Waals surface area contributed by atoms with E-state index in [4.69, 9.17) is 15.5 Å². The summed E-state index contributed by atoms with van der Waals surface area (Å²) in [6.45, 7) is 2.79. The third-order valence-corrected chi connectivity index (χ3v) is 10.6. The number of aromatic nitrogens is 6. The first kappa shape index (κ1) is 35.4. The molecule has 13 nitrogen and oxygen atoms in total. The molecule has 0 spiro atoms. The second-order valence-electron chi connectivity index (χ2n) is 14.1. The number of carbonyl (C=O) groups is 3. The maximum absolute atomic E-state index is 14.0. The van der Waals surface area contributed by atoms with Crippen LogP contribution in [0.4, 0.5) is 4.79 Å². The molecule has 55 heavy (non-hydrogen) atoms. The number of nitrogens with one attached hydrogen (secondary N) is 2. The summed E-state index contributed by atoms with van der Waals surface area (Å²) in [5.74, 6) is 1.17. The number of likely N-dealkylation sites (tertiary alicyclic amines) is 2. The number of amides is 3. The lowest BCUT2D eigenvalue weighted by molar-refractivity contribution is -0.151. The van der Waals surface area contributed by atoms with Crippen molar-refractivity contribution in [3.05, 3.63) is 133 Å².